The summed E-state index contributed by atoms with van der Waals surface area (Å²) in [6.45, 7) is 6.18. The van der Waals surface area contributed by atoms with E-state index < -0.39 is 0 Å². The van der Waals surface area contributed by atoms with Crippen molar-refractivity contribution in [2.24, 2.45) is 0 Å². The van der Waals surface area contributed by atoms with Crippen LogP contribution >= 0.6 is 0 Å². The molecule has 0 amide bonds. The van der Waals surface area contributed by atoms with Gasteiger partial charge in [-0.25, -0.2) is 9.37 Å². The van der Waals surface area contributed by atoms with Gasteiger partial charge in [-0.3, -0.25) is 0 Å². The van der Waals surface area contributed by atoms with Gasteiger partial charge in [0.05, 0.1) is 0 Å². The first-order chi connectivity index (χ1) is 7.39. The molecule has 3 heteroatoms. The first kappa shape index (κ1) is 10.9. The van der Waals surface area contributed by atoms with Crippen LogP contribution in [-0.4, -0.2) is 4.98 Å². The Morgan fingerprint density at radius 3 is 2.56 bits per heavy atom. The molecule has 1 heterocycles. The molecule has 0 saturated heterocycles. The highest BCUT2D eigenvalue weighted by Crippen LogP contribution is 2.30. The van der Waals surface area contributed by atoms with Gasteiger partial charge in [-0.2, -0.15) is 0 Å². The maximum absolute atomic E-state index is 13.5. The molecule has 0 spiro atoms. The molecular formula is C13H15FN2. The third-order valence-electron chi connectivity index (χ3n) is 2.63. The second-order valence-corrected chi connectivity index (χ2v) is 4.98. The molecule has 2 rings (SSSR count). The largest absolute Gasteiger partial charge is 0.383 e. The molecule has 2 N–H and O–H groups in total. The van der Waals surface area contributed by atoms with Crippen LogP contribution in [0.25, 0.3) is 10.9 Å². The van der Waals surface area contributed by atoms with Crippen LogP contribution in [0, 0.1) is 5.82 Å². The number of nitrogens with zero attached hydrogens (tertiary/aromatic N) is 1. The van der Waals surface area contributed by atoms with Gasteiger partial charge < -0.3 is 5.73 Å². The quantitative estimate of drug-likeness (QED) is 0.737. The molecule has 2 aromatic rings. The van der Waals surface area contributed by atoms with E-state index in [2.05, 4.69) is 25.8 Å². The maximum atomic E-state index is 13.5. The molecule has 84 valence electrons. The fourth-order valence-electron chi connectivity index (χ4n) is 1.78. The van der Waals surface area contributed by atoms with Gasteiger partial charge >= 0.3 is 0 Å². The number of hydrogen-bond donors (Lipinski definition) is 1. The van der Waals surface area contributed by atoms with E-state index in [4.69, 9.17) is 5.73 Å². The Morgan fingerprint density at radius 1 is 1.25 bits per heavy atom. The lowest BCUT2D eigenvalue weighted by molar-refractivity contribution is 0.590. The average molecular weight is 218 g/mol. The van der Waals surface area contributed by atoms with Crippen molar-refractivity contribution in [3.63, 3.8) is 0 Å². The molecule has 0 unspecified atom stereocenters. The molecule has 0 saturated carbocycles. The number of pyridine rings is 1. The van der Waals surface area contributed by atoms with Crippen molar-refractivity contribution >= 4 is 16.7 Å². The summed E-state index contributed by atoms with van der Waals surface area (Å²) in [5, 5.41) is 0.791. The third-order valence-corrected chi connectivity index (χ3v) is 2.63. The summed E-state index contributed by atoms with van der Waals surface area (Å²) in [5.41, 5.74) is 7.07. The molecular weight excluding hydrogens is 203 g/mol. The van der Waals surface area contributed by atoms with Crippen molar-refractivity contribution in [2.45, 2.75) is 26.2 Å². The van der Waals surface area contributed by atoms with Crippen LogP contribution in [0.1, 0.15) is 26.3 Å². The number of fused-ring (bicyclic) bond motifs is 1. The maximum Gasteiger partial charge on any atom is 0.149 e. The van der Waals surface area contributed by atoms with Crippen molar-refractivity contribution in [2.75, 3.05) is 5.73 Å². The highest BCUT2D eigenvalue weighted by molar-refractivity contribution is 5.82. The lowest BCUT2D eigenvalue weighted by Crippen LogP contribution is -2.15. The van der Waals surface area contributed by atoms with Crippen molar-refractivity contribution in [1.29, 1.82) is 0 Å². The van der Waals surface area contributed by atoms with E-state index in [0.717, 1.165) is 10.9 Å². The summed E-state index contributed by atoms with van der Waals surface area (Å²) in [4.78, 5) is 4.14. The van der Waals surface area contributed by atoms with E-state index in [1.54, 1.807) is 6.07 Å². The van der Waals surface area contributed by atoms with Gasteiger partial charge in [0.2, 0.25) is 0 Å². The van der Waals surface area contributed by atoms with Crippen LogP contribution in [0.5, 0.6) is 0 Å². The standard InChI is InChI=1S/C13H15FN2/c1-13(2,3)9-7-8-5-4-6-10(14)11(8)16-12(9)15/h4-7H,1-3H3,(H2,15,16). The minimum atomic E-state index is -0.329. The Morgan fingerprint density at radius 2 is 1.94 bits per heavy atom. The second-order valence-electron chi connectivity index (χ2n) is 4.98. The van der Waals surface area contributed by atoms with Gasteiger partial charge in [-0.1, -0.05) is 32.9 Å². The van der Waals surface area contributed by atoms with Gasteiger partial charge in [-0.15, -0.1) is 0 Å². The minimum absolute atomic E-state index is 0.0857. The number of benzene rings is 1. The normalized spacial score (nSPS) is 12.0. The van der Waals surface area contributed by atoms with Crippen molar-refractivity contribution in [3.05, 3.63) is 35.6 Å². The molecule has 0 radical (unpaired) electrons. The number of anilines is 1. The molecule has 0 fully saturated rings. The summed E-state index contributed by atoms with van der Waals surface area (Å²) in [6, 6.07) is 6.84. The van der Waals surface area contributed by atoms with Crippen molar-refractivity contribution < 1.29 is 4.39 Å². The Hall–Kier alpha value is -1.64. The first-order valence-corrected chi connectivity index (χ1v) is 5.25. The fraction of sp³-hybridized carbons (Fsp3) is 0.308. The molecule has 1 aromatic heterocycles. The topological polar surface area (TPSA) is 38.9 Å². The summed E-state index contributed by atoms with van der Waals surface area (Å²) in [6.07, 6.45) is 0. The molecule has 16 heavy (non-hydrogen) atoms. The van der Waals surface area contributed by atoms with Gasteiger partial charge in [0.25, 0.3) is 0 Å². The molecule has 0 aliphatic rings. The lowest BCUT2D eigenvalue weighted by atomic mass is 9.86. The van der Waals surface area contributed by atoms with E-state index in [9.17, 15) is 4.39 Å². The minimum Gasteiger partial charge on any atom is -0.383 e. The molecule has 2 nitrogen and oxygen atoms in total. The Kier molecular flexibility index (Phi) is 2.34. The number of aromatic nitrogens is 1. The Labute approximate surface area is 94.3 Å². The lowest BCUT2D eigenvalue weighted by Gasteiger charge is -2.21. The second kappa shape index (κ2) is 3.44. The van der Waals surface area contributed by atoms with Gasteiger partial charge in [-0.05, 0) is 17.5 Å². The number of halogens is 1. The van der Waals surface area contributed by atoms with Crippen LogP contribution in [0.4, 0.5) is 10.2 Å². The van der Waals surface area contributed by atoms with Crippen LogP contribution in [0.2, 0.25) is 0 Å². The van der Waals surface area contributed by atoms with Crippen molar-refractivity contribution in [3.8, 4) is 0 Å². The first-order valence-electron chi connectivity index (χ1n) is 5.25. The summed E-state index contributed by atoms with van der Waals surface area (Å²) in [5.74, 6) is 0.0785. The van der Waals surface area contributed by atoms with E-state index in [1.807, 2.05) is 12.1 Å². The molecule has 0 aliphatic carbocycles. The molecule has 1 aromatic carbocycles. The van der Waals surface area contributed by atoms with E-state index in [1.165, 1.54) is 6.07 Å². The van der Waals surface area contributed by atoms with Crippen LogP contribution in [0.3, 0.4) is 0 Å². The van der Waals surface area contributed by atoms with Crippen LogP contribution in [0.15, 0.2) is 24.3 Å². The van der Waals surface area contributed by atoms with E-state index in [0.29, 0.717) is 11.3 Å². The monoisotopic (exact) mass is 218 g/mol. The van der Waals surface area contributed by atoms with E-state index in [-0.39, 0.29) is 11.2 Å². The van der Waals surface area contributed by atoms with Gasteiger partial charge in [0, 0.05) is 10.9 Å². The molecule has 0 atom stereocenters. The zero-order valence-corrected chi connectivity index (χ0v) is 9.71. The van der Waals surface area contributed by atoms with Crippen molar-refractivity contribution in [1.82, 2.24) is 4.98 Å². The highest BCUT2D eigenvalue weighted by atomic mass is 19.1. The fourth-order valence-corrected chi connectivity index (χ4v) is 1.78. The summed E-state index contributed by atoms with van der Waals surface area (Å²) in [7, 11) is 0. The van der Waals surface area contributed by atoms with Gasteiger partial charge in [0.1, 0.15) is 17.2 Å². The van der Waals surface area contributed by atoms with Crippen LogP contribution in [-0.2, 0) is 5.41 Å². The average Bonchev–Trinajstić information content (AvgIpc) is 2.17. The zero-order valence-electron chi connectivity index (χ0n) is 9.71. The highest BCUT2D eigenvalue weighted by Gasteiger charge is 2.19. The van der Waals surface area contributed by atoms with Gasteiger partial charge in [0.15, 0.2) is 0 Å². The Bertz CT molecular complexity index is 541. The summed E-state index contributed by atoms with van der Waals surface area (Å²) < 4.78 is 13.5. The third kappa shape index (κ3) is 1.73. The number of rotatable bonds is 0. The zero-order chi connectivity index (χ0) is 11.9. The number of para-hydroxylation sites is 1. The predicted octanol–water partition coefficient (Wildman–Crippen LogP) is 3.25. The Balaban J connectivity index is 2.78. The SMILES string of the molecule is CC(C)(C)c1cc2cccc(F)c2nc1N. The molecule has 0 aliphatic heterocycles. The van der Waals surface area contributed by atoms with Crippen LogP contribution < -0.4 is 5.73 Å². The number of nitrogen functional groups attached to an aromatic ring is 1. The molecule has 0 bridgehead atoms. The number of hydrogen-bond acceptors (Lipinski definition) is 2. The predicted molar refractivity (Wildman–Crippen MR) is 64.8 cm³/mol. The summed E-state index contributed by atoms with van der Waals surface area (Å²) >= 11 is 0. The van der Waals surface area contributed by atoms with E-state index >= 15 is 0 Å². The number of nitrogens with two attached hydrogens (primary N) is 1. The smallest absolute Gasteiger partial charge is 0.149 e.